The zero-order valence-corrected chi connectivity index (χ0v) is 9.71. The molecule has 0 aromatic heterocycles. The van der Waals surface area contributed by atoms with E-state index in [0.717, 1.165) is 12.3 Å². The molecule has 96 valence electrons. The van der Waals surface area contributed by atoms with Gasteiger partial charge in [-0.05, 0) is 17.7 Å². The number of hydrogen-bond acceptors (Lipinski definition) is 1. The standard InChI is InChI=1S/C12H8ClF4N/c13-10-5-8(12(15,16)17)6-18-11(10)7-1-3-9(14)4-2-7/h1-6,10-11H. The van der Waals surface area contributed by atoms with E-state index in [-0.39, 0.29) is 0 Å². The SMILES string of the molecule is Fc1ccc(C2N=CC(C(F)(F)F)=CC2Cl)cc1. The molecule has 6 heteroatoms. The second-order valence-electron chi connectivity index (χ2n) is 3.84. The molecule has 0 fully saturated rings. The maximum atomic E-state index is 12.7. The average molecular weight is 278 g/mol. The van der Waals surface area contributed by atoms with Gasteiger partial charge in [-0.2, -0.15) is 13.2 Å². The number of aliphatic imine (C=N–C) groups is 1. The smallest absolute Gasteiger partial charge is 0.283 e. The van der Waals surface area contributed by atoms with Gasteiger partial charge in [-0.1, -0.05) is 18.2 Å². The lowest BCUT2D eigenvalue weighted by Gasteiger charge is -2.22. The van der Waals surface area contributed by atoms with Crippen LogP contribution in [-0.2, 0) is 0 Å². The van der Waals surface area contributed by atoms with Crippen LogP contribution in [0, 0.1) is 5.82 Å². The van der Waals surface area contributed by atoms with E-state index in [1.165, 1.54) is 24.3 Å². The molecule has 0 saturated heterocycles. The number of allylic oxidation sites excluding steroid dienone is 1. The molecule has 1 nitrogen and oxygen atoms in total. The van der Waals surface area contributed by atoms with Gasteiger partial charge in [-0.25, -0.2) is 4.39 Å². The molecule has 1 aromatic rings. The van der Waals surface area contributed by atoms with Gasteiger partial charge in [0.05, 0.1) is 17.0 Å². The van der Waals surface area contributed by atoms with Crippen molar-refractivity contribution in [3.05, 3.63) is 47.3 Å². The predicted octanol–water partition coefficient (Wildman–Crippen LogP) is 4.05. The van der Waals surface area contributed by atoms with Gasteiger partial charge in [-0.3, -0.25) is 4.99 Å². The molecular weight excluding hydrogens is 270 g/mol. The third-order valence-electron chi connectivity index (χ3n) is 2.55. The van der Waals surface area contributed by atoms with Gasteiger partial charge in [0.15, 0.2) is 0 Å². The maximum absolute atomic E-state index is 12.7. The highest BCUT2D eigenvalue weighted by molar-refractivity contribution is 6.23. The molecule has 1 aliphatic rings. The summed E-state index contributed by atoms with van der Waals surface area (Å²) in [7, 11) is 0. The van der Waals surface area contributed by atoms with Crippen LogP contribution in [0.3, 0.4) is 0 Å². The Bertz CT molecular complexity index is 490. The van der Waals surface area contributed by atoms with E-state index < -0.39 is 29.0 Å². The Kier molecular flexibility index (Phi) is 3.43. The fourth-order valence-corrected chi connectivity index (χ4v) is 1.99. The third kappa shape index (κ3) is 2.72. The van der Waals surface area contributed by atoms with Gasteiger partial charge in [0.1, 0.15) is 5.82 Å². The lowest BCUT2D eigenvalue weighted by molar-refractivity contribution is -0.0860. The highest BCUT2D eigenvalue weighted by atomic mass is 35.5. The molecule has 18 heavy (non-hydrogen) atoms. The van der Waals surface area contributed by atoms with Crippen molar-refractivity contribution < 1.29 is 17.6 Å². The average Bonchev–Trinajstić information content (AvgIpc) is 2.29. The molecule has 2 unspecified atom stereocenters. The van der Waals surface area contributed by atoms with E-state index in [9.17, 15) is 17.6 Å². The zero-order valence-electron chi connectivity index (χ0n) is 8.96. The van der Waals surface area contributed by atoms with Gasteiger partial charge in [0.25, 0.3) is 0 Å². The highest BCUT2D eigenvalue weighted by Crippen LogP contribution is 2.34. The maximum Gasteiger partial charge on any atom is 0.417 e. The molecule has 0 spiro atoms. The number of dihydropyridines is 1. The molecule has 2 rings (SSSR count). The quantitative estimate of drug-likeness (QED) is 0.542. The van der Waals surface area contributed by atoms with Crippen LogP contribution in [0.1, 0.15) is 11.6 Å². The van der Waals surface area contributed by atoms with Crippen LogP contribution in [-0.4, -0.2) is 17.8 Å². The molecule has 0 bridgehead atoms. The molecule has 2 atom stereocenters. The molecule has 0 saturated carbocycles. The molecule has 1 aromatic carbocycles. The second-order valence-corrected chi connectivity index (χ2v) is 4.34. The Morgan fingerprint density at radius 2 is 1.72 bits per heavy atom. The summed E-state index contributed by atoms with van der Waals surface area (Å²) < 4.78 is 50.0. The van der Waals surface area contributed by atoms with Crippen LogP contribution in [0.4, 0.5) is 17.6 Å². The van der Waals surface area contributed by atoms with Crippen molar-refractivity contribution in [2.75, 3.05) is 0 Å². The van der Waals surface area contributed by atoms with Crippen LogP contribution in [0.25, 0.3) is 0 Å². The summed E-state index contributed by atoms with van der Waals surface area (Å²) in [6, 6.07) is 4.73. The summed E-state index contributed by atoms with van der Waals surface area (Å²) in [5.74, 6) is -0.420. The van der Waals surface area contributed by atoms with E-state index in [2.05, 4.69) is 4.99 Å². The van der Waals surface area contributed by atoms with Crippen molar-refractivity contribution in [3.8, 4) is 0 Å². The topological polar surface area (TPSA) is 12.4 Å². The lowest BCUT2D eigenvalue weighted by atomic mass is 10.00. The number of hydrogen-bond donors (Lipinski definition) is 0. The second kappa shape index (κ2) is 4.72. The highest BCUT2D eigenvalue weighted by Gasteiger charge is 2.36. The summed E-state index contributed by atoms with van der Waals surface area (Å²) in [5, 5.41) is -0.905. The Hall–Kier alpha value is -1.36. The Morgan fingerprint density at radius 1 is 1.11 bits per heavy atom. The minimum Gasteiger partial charge on any atom is -0.283 e. The monoisotopic (exact) mass is 277 g/mol. The Balaban J connectivity index is 2.23. The van der Waals surface area contributed by atoms with Gasteiger partial charge < -0.3 is 0 Å². The van der Waals surface area contributed by atoms with E-state index in [4.69, 9.17) is 11.6 Å². The van der Waals surface area contributed by atoms with Crippen molar-refractivity contribution in [3.63, 3.8) is 0 Å². The molecular formula is C12H8ClF4N. The number of benzene rings is 1. The van der Waals surface area contributed by atoms with Crippen LogP contribution < -0.4 is 0 Å². The predicted molar refractivity (Wildman–Crippen MR) is 61.4 cm³/mol. The van der Waals surface area contributed by atoms with Gasteiger partial charge >= 0.3 is 6.18 Å². The first-order valence-electron chi connectivity index (χ1n) is 5.09. The molecule has 1 heterocycles. The van der Waals surface area contributed by atoms with Crippen LogP contribution in [0.15, 0.2) is 40.9 Å². The fourth-order valence-electron chi connectivity index (χ4n) is 1.65. The fraction of sp³-hybridized carbons (Fsp3) is 0.250. The molecule has 0 amide bonds. The normalized spacial score (nSPS) is 23.9. The van der Waals surface area contributed by atoms with E-state index >= 15 is 0 Å². The van der Waals surface area contributed by atoms with Gasteiger partial charge in [-0.15, -0.1) is 11.6 Å². The Morgan fingerprint density at radius 3 is 2.22 bits per heavy atom. The molecule has 0 aliphatic carbocycles. The largest absolute Gasteiger partial charge is 0.417 e. The molecule has 0 N–H and O–H groups in total. The third-order valence-corrected chi connectivity index (χ3v) is 2.92. The van der Waals surface area contributed by atoms with Crippen molar-refractivity contribution in [2.24, 2.45) is 4.99 Å². The van der Waals surface area contributed by atoms with Gasteiger partial charge in [0.2, 0.25) is 0 Å². The Labute approximate surface area is 106 Å². The van der Waals surface area contributed by atoms with Crippen molar-refractivity contribution in [1.29, 1.82) is 0 Å². The summed E-state index contributed by atoms with van der Waals surface area (Å²) in [5.41, 5.74) is -0.286. The summed E-state index contributed by atoms with van der Waals surface area (Å²) in [4.78, 5) is 3.79. The van der Waals surface area contributed by atoms with Crippen molar-refractivity contribution >= 4 is 17.8 Å². The number of nitrogens with zero attached hydrogens (tertiary/aromatic N) is 1. The van der Waals surface area contributed by atoms with Crippen molar-refractivity contribution in [1.82, 2.24) is 0 Å². The summed E-state index contributed by atoms with van der Waals surface area (Å²) in [6.07, 6.45) is -2.78. The first-order chi connectivity index (χ1) is 8.38. The number of alkyl halides is 4. The number of halogens is 5. The number of rotatable bonds is 1. The van der Waals surface area contributed by atoms with Crippen LogP contribution in [0.5, 0.6) is 0 Å². The van der Waals surface area contributed by atoms with E-state index in [1.807, 2.05) is 0 Å². The van der Waals surface area contributed by atoms with Crippen LogP contribution in [0.2, 0.25) is 0 Å². The first kappa shape index (κ1) is 13.1. The minimum atomic E-state index is -4.45. The zero-order chi connectivity index (χ0) is 13.3. The van der Waals surface area contributed by atoms with E-state index in [1.54, 1.807) is 0 Å². The molecule has 1 aliphatic heterocycles. The first-order valence-corrected chi connectivity index (χ1v) is 5.53. The molecule has 0 radical (unpaired) electrons. The minimum absolute atomic E-state index is 0.420. The van der Waals surface area contributed by atoms with Gasteiger partial charge in [0, 0.05) is 6.21 Å². The van der Waals surface area contributed by atoms with Crippen LogP contribution >= 0.6 is 11.6 Å². The summed E-state index contributed by atoms with van der Waals surface area (Å²) in [6.45, 7) is 0. The summed E-state index contributed by atoms with van der Waals surface area (Å²) >= 11 is 5.87. The lowest BCUT2D eigenvalue weighted by Crippen LogP contribution is -2.21. The van der Waals surface area contributed by atoms with E-state index in [0.29, 0.717) is 5.56 Å². The van der Waals surface area contributed by atoms with Crippen molar-refractivity contribution in [2.45, 2.75) is 17.6 Å².